The summed E-state index contributed by atoms with van der Waals surface area (Å²) < 4.78 is 13.6. The molecule has 6 heteroatoms. The number of nitrogens with zero attached hydrogens (tertiary/aromatic N) is 2. The van der Waals surface area contributed by atoms with Gasteiger partial charge < -0.3 is 15.5 Å². The van der Waals surface area contributed by atoms with Gasteiger partial charge in [-0.05, 0) is 32.8 Å². The molecule has 1 aromatic carbocycles. The number of halogens is 2. The Hall–Kier alpha value is -0.890. The zero-order valence-electron chi connectivity index (χ0n) is 14.2. The predicted molar refractivity (Wildman–Crippen MR) is 105 cm³/mol. The Kier molecular flexibility index (Phi) is 8.83. The lowest BCUT2D eigenvalue weighted by atomic mass is 10.0. The smallest absolute Gasteiger partial charge is 0.191 e. The summed E-state index contributed by atoms with van der Waals surface area (Å²) >= 11 is 0. The fourth-order valence-corrected chi connectivity index (χ4v) is 2.77. The van der Waals surface area contributed by atoms with Crippen molar-refractivity contribution >= 4 is 29.9 Å². The van der Waals surface area contributed by atoms with E-state index in [1.165, 1.54) is 6.07 Å². The van der Waals surface area contributed by atoms with Crippen LogP contribution in [0.2, 0.25) is 0 Å². The highest BCUT2D eigenvalue weighted by Crippen LogP contribution is 2.13. The summed E-state index contributed by atoms with van der Waals surface area (Å²) in [6.45, 7) is 7.14. The summed E-state index contributed by atoms with van der Waals surface area (Å²) in [6, 6.07) is 7.86. The maximum atomic E-state index is 13.6. The quantitative estimate of drug-likeness (QED) is 0.435. The average Bonchev–Trinajstić information content (AvgIpc) is 2.53. The summed E-state index contributed by atoms with van der Waals surface area (Å²) in [5, 5.41) is 6.64. The van der Waals surface area contributed by atoms with E-state index in [0.717, 1.165) is 31.9 Å². The summed E-state index contributed by atoms with van der Waals surface area (Å²) in [7, 11) is 1.75. The molecule has 0 radical (unpaired) electrons. The molecule has 0 bridgehead atoms. The Morgan fingerprint density at radius 3 is 2.52 bits per heavy atom. The molecule has 1 aromatic rings. The van der Waals surface area contributed by atoms with Gasteiger partial charge in [-0.1, -0.05) is 18.2 Å². The van der Waals surface area contributed by atoms with Crippen molar-refractivity contribution in [1.29, 1.82) is 0 Å². The van der Waals surface area contributed by atoms with E-state index in [0.29, 0.717) is 24.2 Å². The Balaban J connectivity index is 0.00000264. The van der Waals surface area contributed by atoms with E-state index in [9.17, 15) is 4.39 Å². The number of piperidine rings is 1. The third kappa shape index (κ3) is 6.25. The Labute approximate surface area is 156 Å². The molecule has 1 saturated heterocycles. The molecule has 0 amide bonds. The van der Waals surface area contributed by atoms with Gasteiger partial charge in [-0.2, -0.15) is 0 Å². The topological polar surface area (TPSA) is 39.7 Å². The number of likely N-dealkylation sites (tertiary alicyclic amines) is 1. The van der Waals surface area contributed by atoms with Gasteiger partial charge in [0.1, 0.15) is 5.82 Å². The van der Waals surface area contributed by atoms with E-state index < -0.39 is 0 Å². The molecule has 1 heterocycles. The van der Waals surface area contributed by atoms with Gasteiger partial charge in [-0.15, -0.1) is 24.0 Å². The Morgan fingerprint density at radius 1 is 1.30 bits per heavy atom. The molecule has 0 aromatic heterocycles. The number of hydrogen-bond acceptors (Lipinski definition) is 2. The van der Waals surface area contributed by atoms with Crippen LogP contribution in [0.3, 0.4) is 0 Å². The lowest BCUT2D eigenvalue weighted by molar-refractivity contribution is 0.167. The first kappa shape index (κ1) is 20.2. The predicted octanol–water partition coefficient (Wildman–Crippen LogP) is 2.98. The number of aliphatic imine (C=N–C) groups is 1. The minimum absolute atomic E-state index is 0. The zero-order chi connectivity index (χ0) is 15.9. The van der Waals surface area contributed by atoms with E-state index in [-0.39, 0.29) is 29.8 Å². The number of rotatable bonds is 4. The third-order valence-corrected chi connectivity index (χ3v) is 4.23. The van der Waals surface area contributed by atoms with Crippen LogP contribution in [0.4, 0.5) is 4.39 Å². The summed E-state index contributed by atoms with van der Waals surface area (Å²) in [6.07, 6.45) is 2.22. The maximum absolute atomic E-state index is 13.6. The molecule has 0 unspecified atom stereocenters. The molecule has 23 heavy (non-hydrogen) atoms. The Bertz CT molecular complexity index is 499. The lowest BCUT2D eigenvalue weighted by Crippen LogP contribution is -2.49. The second-order valence-corrected chi connectivity index (χ2v) is 6.07. The van der Waals surface area contributed by atoms with Crippen LogP contribution in [0, 0.1) is 5.82 Å². The number of nitrogens with one attached hydrogen (secondary N) is 2. The van der Waals surface area contributed by atoms with Gasteiger partial charge >= 0.3 is 0 Å². The molecule has 0 atom stereocenters. The minimum Gasteiger partial charge on any atom is -0.354 e. The second kappa shape index (κ2) is 10.1. The molecule has 4 nitrogen and oxygen atoms in total. The van der Waals surface area contributed by atoms with E-state index in [4.69, 9.17) is 0 Å². The molecule has 1 fully saturated rings. The molecule has 130 valence electrons. The van der Waals surface area contributed by atoms with Gasteiger partial charge in [0, 0.05) is 44.3 Å². The molecule has 2 N–H and O–H groups in total. The van der Waals surface area contributed by atoms with Gasteiger partial charge in [0.05, 0.1) is 0 Å². The van der Waals surface area contributed by atoms with Crippen LogP contribution in [-0.2, 0) is 6.54 Å². The molecule has 2 rings (SSSR count). The number of hydrogen-bond donors (Lipinski definition) is 2. The van der Waals surface area contributed by atoms with Gasteiger partial charge in [0.25, 0.3) is 0 Å². The summed E-state index contributed by atoms with van der Waals surface area (Å²) in [4.78, 5) is 6.73. The molecular formula is C17H28FIN4. The van der Waals surface area contributed by atoms with E-state index in [1.807, 2.05) is 6.07 Å². The maximum Gasteiger partial charge on any atom is 0.191 e. The van der Waals surface area contributed by atoms with Gasteiger partial charge in [0.2, 0.25) is 0 Å². The SMILES string of the molecule is CN=C(NCc1ccccc1F)NC1CCN(C(C)C)CC1.I. The first-order valence-electron chi connectivity index (χ1n) is 8.04. The highest BCUT2D eigenvalue weighted by molar-refractivity contribution is 14.0. The first-order valence-corrected chi connectivity index (χ1v) is 8.04. The summed E-state index contributed by atoms with van der Waals surface area (Å²) in [5.74, 6) is 0.557. The highest BCUT2D eigenvalue weighted by atomic mass is 127. The van der Waals surface area contributed by atoms with Crippen LogP contribution < -0.4 is 10.6 Å². The van der Waals surface area contributed by atoms with Crippen molar-refractivity contribution < 1.29 is 4.39 Å². The van der Waals surface area contributed by atoms with Crippen LogP contribution in [0.5, 0.6) is 0 Å². The zero-order valence-corrected chi connectivity index (χ0v) is 16.5. The standard InChI is InChI=1S/C17H27FN4.HI/c1-13(2)22-10-8-15(9-11-22)21-17(19-3)20-12-14-6-4-5-7-16(14)18;/h4-7,13,15H,8-12H2,1-3H3,(H2,19,20,21);1H. The lowest BCUT2D eigenvalue weighted by Gasteiger charge is -2.35. The third-order valence-electron chi connectivity index (χ3n) is 4.23. The molecule has 1 aliphatic rings. The molecule has 0 aliphatic carbocycles. The molecular weight excluding hydrogens is 406 g/mol. The molecule has 1 aliphatic heterocycles. The van der Waals surface area contributed by atoms with Crippen molar-refractivity contribution in [1.82, 2.24) is 15.5 Å². The van der Waals surface area contributed by atoms with Crippen LogP contribution in [0.1, 0.15) is 32.3 Å². The van der Waals surface area contributed by atoms with Crippen molar-refractivity contribution in [2.75, 3.05) is 20.1 Å². The molecule has 0 spiro atoms. The molecule has 0 saturated carbocycles. The minimum atomic E-state index is -0.185. The summed E-state index contributed by atoms with van der Waals surface area (Å²) in [5.41, 5.74) is 0.653. The monoisotopic (exact) mass is 434 g/mol. The van der Waals surface area contributed by atoms with E-state index in [2.05, 4.69) is 34.4 Å². The highest BCUT2D eigenvalue weighted by Gasteiger charge is 2.21. The van der Waals surface area contributed by atoms with Crippen molar-refractivity contribution in [3.8, 4) is 0 Å². The Morgan fingerprint density at radius 2 is 1.96 bits per heavy atom. The normalized spacial score (nSPS) is 17.0. The van der Waals surface area contributed by atoms with Gasteiger partial charge in [-0.3, -0.25) is 4.99 Å². The van der Waals surface area contributed by atoms with Crippen LogP contribution in [0.15, 0.2) is 29.3 Å². The van der Waals surface area contributed by atoms with Crippen molar-refractivity contribution in [3.05, 3.63) is 35.6 Å². The van der Waals surface area contributed by atoms with Crippen LogP contribution in [0.25, 0.3) is 0 Å². The van der Waals surface area contributed by atoms with Crippen molar-refractivity contribution in [2.24, 2.45) is 4.99 Å². The van der Waals surface area contributed by atoms with Gasteiger partial charge in [0.15, 0.2) is 5.96 Å². The van der Waals surface area contributed by atoms with E-state index in [1.54, 1.807) is 19.2 Å². The second-order valence-electron chi connectivity index (χ2n) is 6.07. The first-order chi connectivity index (χ1) is 10.6. The average molecular weight is 434 g/mol. The fraction of sp³-hybridized carbons (Fsp3) is 0.588. The number of guanidine groups is 1. The van der Waals surface area contributed by atoms with Crippen molar-refractivity contribution in [3.63, 3.8) is 0 Å². The largest absolute Gasteiger partial charge is 0.354 e. The van der Waals surface area contributed by atoms with Gasteiger partial charge in [-0.25, -0.2) is 4.39 Å². The fourth-order valence-electron chi connectivity index (χ4n) is 2.77. The van der Waals surface area contributed by atoms with E-state index >= 15 is 0 Å². The number of benzene rings is 1. The van der Waals surface area contributed by atoms with Crippen LogP contribution >= 0.6 is 24.0 Å². The van der Waals surface area contributed by atoms with Crippen LogP contribution in [-0.4, -0.2) is 43.1 Å². The van der Waals surface area contributed by atoms with Crippen molar-refractivity contribution in [2.45, 2.75) is 45.3 Å².